The van der Waals surface area contributed by atoms with Crippen LogP contribution in [0.1, 0.15) is 516 Å². The molecule has 0 bridgehead atoms. The second-order valence-corrected chi connectivity index (χ2v) is 28.8. The molecule has 0 fully saturated rings. The Balaban J connectivity index is 4.90. The predicted octanol–water partition coefficient (Wildman–Crippen LogP) is 31.0. The summed E-state index contributed by atoms with van der Waals surface area (Å²) in [5.74, 6) is 0. The van der Waals surface area contributed by atoms with Crippen LogP contribution >= 0.6 is 0 Å². The van der Waals surface area contributed by atoms with Gasteiger partial charge in [0.05, 0.1) is 0 Å². The molecule has 0 aliphatic carbocycles. The Bertz CT molecular complexity index is 904. The Labute approximate surface area is 530 Å². The summed E-state index contributed by atoms with van der Waals surface area (Å²) in [6.45, 7) is 9.32. The first-order chi connectivity index (χ1) is 41.3. The maximum atomic E-state index is 4.48. The summed E-state index contributed by atoms with van der Waals surface area (Å²) < 4.78 is 0. The van der Waals surface area contributed by atoms with Gasteiger partial charge in [0.15, 0.2) is 0 Å². The second-order valence-electron chi connectivity index (χ2n) is 28.8. The SMILES string of the molecule is CCCCCCCCCCCCCCCCCCCCC(CCCCCCCCCCCCCCCCCCCC)NC(CCCCCCCCCCCCCCCCCCCC)CCCCCCCCCCCCCCCCCCCC. The van der Waals surface area contributed by atoms with Crippen molar-refractivity contribution in [2.75, 3.05) is 0 Å². The molecule has 0 saturated heterocycles. The van der Waals surface area contributed by atoms with Gasteiger partial charge < -0.3 is 5.32 Å². The molecule has 1 nitrogen and oxygen atoms in total. The van der Waals surface area contributed by atoms with E-state index < -0.39 is 0 Å². The van der Waals surface area contributed by atoms with Crippen molar-refractivity contribution in [3.05, 3.63) is 0 Å². The first kappa shape index (κ1) is 83.0. The Kier molecular flexibility index (Phi) is 78.0. The van der Waals surface area contributed by atoms with Crippen molar-refractivity contribution in [2.45, 2.75) is 528 Å². The molecule has 0 radical (unpaired) electrons. The normalized spacial score (nSPS) is 11.9. The molecule has 0 aliphatic rings. The van der Waals surface area contributed by atoms with Crippen LogP contribution in [0.15, 0.2) is 0 Å². The highest BCUT2D eigenvalue weighted by Gasteiger charge is 2.16. The molecule has 83 heavy (non-hydrogen) atoms. The van der Waals surface area contributed by atoms with E-state index >= 15 is 0 Å². The standard InChI is InChI=1S/C82H167N/c1-5-9-13-17-21-25-29-33-37-41-45-49-53-57-61-65-69-73-77-81(78-74-70-66-62-58-54-50-46-42-38-34-30-26-22-18-14-10-6-2)83-82(79-75-71-67-63-59-55-51-47-43-39-35-31-27-23-19-15-11-7-3)80-76-72-68-64-60-56-52-48-44-40-36-32-28-24-20-16-12-8-4/h81-83H,5-80H2,1-4H3. The van der Waals surface area contributed by atoms with Crippen LogP contribution in [0.25, 0.3) is 0 Å². The molecule has 0 heterocycles. The van der Waals surface area contributed by atoms with E-state index in [4.69, 9.17) is 0 Å². The molecule has 1 heteroatoms. The van der Waals surface area contributed by atoms with Gasteiger partial charge in [-0.3, -0.25) is 0 Å². The Morgan fingerprint density at radius 3 is 0.301 bits per heavy atom. The minimum absolute atomic E-state index is 0.758. The quantitative estimate of drug-likeness (QED) is 0.0599. The highest BCUT2D eigenvalue weighted by molar-refractivity contribution is 4.76. The summed E-state index contributed by atoms with van der Waals surface area (Å²) in [4.78, 5) is 0. The van der Waals surface area contributed by atoms with Gasteiger partial charge in [-0.1, -0.05) is 490 Å². The highest BCUT2D eigenvalue weighted by Crippen LogP contribution is 2.23. The van der Waals surface area contributed by atoms with Gasteiger partial charge in [0.25, 0.3) is 0 Å². The van der Waals surface area contributed by atoms with E-state index in [-0.39, 0.29) is 0 Å². The van der Waals surface area contributed by atoms with Crippen molar-refractivity contribution in [1.29, 1.82) is 0 Å². The first-order valence-corrected chi connectivity index (χ1v) is 41.0. The smallest absolute Gasteiger partial charge is 0.00696 e. The maximum absolute atomic E-state index is 4.48. The Hall–Kier alpha value is -0.0400. The van der Waals surface area contributed by atoms with Gasteiger partial charge in [0.1, 0.15) is 0 Å². The number of unbranched alkanes of at least 4 members (excludes halogenated alkanes) is 68. The topological polar surface area (TPSA) is 12.0 Å². The Morgan fingerprint density at radius 1 is 0.120 bits per heavy atom. The minimum atomic E-state index is 0.758. The lowest BCUT2D eigenvalue weighted by Crippen LogP contribution is -2.38. The van der Waals surface area contributed by atoms with Gasteiger partial charge in [-0.15, -0.1) is 0 Å². The van der Waals surface area contributed by atoms with Crippen LogP contribution in [0.4, 0.5) is 0 Å². The van der Waals surface area contributed by atoms with E-state index in [9.17, 15) is 0 Å². The fraction of sp³-hybridized carbons (Fsp3) is 1.00. The van der Waals surface area contributed by atoms with Crippen LogP contribution < -0.4 is 5.32 Å². The maximum Gasteiger partial charge on any atom is 0.00696 e. The van der Waals surface area contributed by atoms with E-state index in [0.29, 0.717) is 0 Å². The summed E-state index contributed by atoms with van der Waals surface area (Å²) in [5, 5.41) is 4.48. The van der Waals surface area contributed by atoms with Crippen LogP contribution in [0.5, 0.6) is 0 Å². The predicted molar refractivity (Wildman–Crippen MR) is 384 cm³/mol. The second kappa shape index (κ2) is 78.1. The Morgan fingerprint density at radius 2 is 0.205 bits per heavy atom. The van der Waals surface area contributed by atoms with E-state index in [1.165, 1.54) is 488 Å². The van der Waals surface area contributed by atoms with E-state index in [0.717, 1.165) is 12.1 Å². The molecule has 0 aliphatic heterocycles. The van der Waals surface area contributed by atoms with Crippen LogP contribution in [0.3, 0.4) is 0 Å². The molecule has 0 aromatic carbocycles. The first-order valence-electron chi connectivity index (χ1n) is 41.0. The van der Waals surface area contributed by atoms with E-state index in [2.05, 4.69) is 33.0 Å². The lowest BCUT2D eigenvalue weighted by atomic mass is 9.95. The number of nitrogens with one attached hydrogen (secondary N) is 1. The van der Waals surface area contributed by atoms with Crippen LogP contribution in [-0.2, 0) is 0 Å². The average Bonchev–Trinajstić information content (AvgIpc) is 3.49. The van der Waals surface area contributed by atoms with Crippen molar-refractivity contribution < 1.29 is 0 Å². The summed E-state index contributed by atoms with van der Waals surface area (Å²) in [6, 6.07) is 1.52. The molecule has 500 valence electrons. The molecule has 0 aromatic heterocycles. The van der Waals surface area contributed by atoms with Gasteiger partial charge >= 0.3 is 0 Å². The number of rotatable bonds is 78. The van der Waals surface area contributed by atoms with Crippen LogP contribution in [0.2, 0.25) is 0 Å². The van der Waals surface area contributed by atoms with Crippen molar-refractivity contribution in [3.63, 3.8) is 0 Å². The molecule has 0 rings (SSSR count). The van der Waals surface area contributed by atoms with E-state index in [1.54, 1.807) is 0 Å². The highest BCUT2D eigenvalue weighted by atomic mass is 14.9. The monoisotopic (exact) mass is 1170 g/mol. The molecular formula is C82H167N. The molecular weight excluding hydrogens is 999 g/mol. The average molecular weight is 1170 g/mol. The lowest BCUT2D eigenvalue weighted by molar-refractivity contribution is 0.329. The third-order valence-corrected chi connectivity index (χ3v) is 20.1. The fourth-order valence-corrected chi connectivity index (χ4v) is 14.1. The van der Waals surface area contributed by atoms with Crippen molar-refractivity contribution >= 4 is 0 Å². The largest absolute Gasteiger partial charge is 0.311 e. The molecule has 0 saturated carbocycles. The fourth-order valence-electron chi connectivity index (χ4n) is 14.1. The zero-order chi connectivity index (χ0) is 59.6. The van der Waals surface area contributed by atoms with Gasteiger partial charge in [-0.2, -0.15) is 0 Å². The third kappa shape index (κ3) is 74.3. The van der Waals surface area contributed by atoms with Gasteiger partial charge in [-0.05, 0) is 25.7 Å². The number of hydrogen-bond acceptors (Lipinski definition) is 1. The van der Waals surface area contributed by atoms with Gasteiger partial charge in [-0.25, -0.2) is 0 Å². The van der Waals surface area contributed by atoms with Crippen LogP contribution in [-0.4, -0.2) is 12.1 Å². The van der Waals surface area contributed by atoms with Gasteiger partial charge in [0, 0.05) is 12.1 Å². The van der Waals surface area contributed by atoms with Crippen molar-refractivity contribution in [1.82, 2.24) is 5.32 Å². The zero-order valence-corrected chi connectivity index (χ0v) is 59.4. The third-order valence-electron chi connectivity index (χ3n) is 20.1. The number of hydrogen-bond donors (Lipinski definition) is 1. The summed E-state index contributed by atoms with van der Waals surface area (Å²) >= 11 is 0. The zero-order valence-electron chi connectivity index (χ0n) is 59.4. The van der Waals surface area contributed by atoms with Crippen LogP contribution in [0, 0.1) is 0 Å². The summed E-state index contributed by atoms with van der Waals surface area (Å²) in [7, 11) is 0. The molecule has 0 spiro atoms. The van der Waals surface area contributed by atoms with Crippen molar-refractivity contribution in [2.24, 2.45) is 0 Å². The van der Waals surface area contributed by atoms with E-state index in [1.807, 2.05) is 0 Å². The lowest BCUT2D eigenvalue weighted by Gasteiger charge is -2.27. The molecule has 0 atom stereocenters. The summed E-state index contributed by atoms with van der Waals surface area (Å²) in [6.07, 6.45) is 112. The van der Waals surface area contributed by atoms with Gasteiger partial charge in [0.2, 0.25) is 0 Å². The van der Waals surface area contributed by atoms with Crippen molar-refractivity contribution in [3.8, 4) is 0 Å². The minimum Gasteiger partial charge on any atom is -0.311 e. The molecule has 0 unspecified atom stereocenters. The molecule has 0 amide bonds. The molecule has 1 N–H and O–H groups in total. The summed E-state index contributed by atoms with van der Waals surface area (Å²) in [5.41, 5.74) is 0. The molecule has 0 aromatic rings.